The molecule has 2 aromatic rings. The summed E-state index contributed by atoms with van der Waals surface area (Å²) in [5.41, 5.74) is 8.42. The zero-order valence-electron chi connectivity index (χ0n) is 18.7. The van der Waals surface area contributed by atoms with Crippen molar-refractivity contribution < 1.29 is 19.8 Å². The summed E-state index contributed by atoms with van der Waals surface area (Å²) in [5.74, 6) is -2.01. The number of benzene rings is 2. The van der Waals surface area contributed by atoms with Crippen molar-refractivity contribution in [2.45, 2.75) is 50.3 Å². The van der Waals surface area contributed by atoms with Crippen LogP contribution in [0.1, 0.15) is 37.4 Å². The average Bonchev–Trinajstić information content (AvgIpc) is 3.35. The molecule has 0 spiro atoms. The molecule has 0 saturated carbocycles. The van der Waals surface area contributed by atoms with Gasteiger partial charge in [-0.25, -0.2) is 4.79 Å². The van der Waals surface area contributed by atoms with Gasteiger partial charge in [0.15, 0.2) is 0 Å². The molecule has 0 radical (unpaired) electrons. The number of aliphatic carboxylic acids is 1. The average molecular weight is 468 g/mol. The maximum atomic E-state index is 12.6. The largest absolute Gasteiger partial charge is 0.477 e. The zero-order valence-corrected chi connectivity index (χ0v) is 19.5. The van der Waals surface area contributed by atoms with Crippen molar-refractivity contribution in [3.8, 4) is 0 Å². The van der Waals surface area contributed by atoms with Gasteiger partial charge < -0.3 is 26.2 Å². The van der Waals surface area contributed by atoms with Crippen molar-refractivity contribution in [3.63, 3.8) is 0 Å². The molecule has 5 rings (SSSR count). The third-order valence-corrected chi connectivity index (χ3v) is 8.80. The van der Waals surface area contributed by atoms with Crippen LogP contribution in [0.2, 0.25) is 0 Å². The number of rotatable bonds is 6. The van der Waals surface area contributed by atoms with E-state index in [9.17, 15) is 19.8 Å². The van der Waals surface area contributed by atoms with Crippen LogP contribution in [-0.4, -0.2) is 50.9 Å². The molecule has 6 atom stereocenters. The molecular formula is C25H29N3O4S. The molecule has 8 heteroatoms. The van der Waals surface area contributed by atoms with E-state index in [-0.39, 0.29) is 34.9 Å². The Balaban J connectivity index is 1.37. The predicted octanol–water partition coefficient (Wildman–Crippen LogP) is 2.59. The van der Waals surface area contributed by atoms with Crippen molar-refractivity contribution in [1.29, 1.82) is 0 Å². The molecule has 3 heterocycles. The second kappa shape index (κ2) is 8.43. The number of fused-ring (bicyclic) bond motifs is 2. The lowest BCUT2D eigenvalue weighted by molar-refractivity contribution is -0.163. The molecule has 2 aromatic carbocycles. The molecular weight excluding hydrogens is 438 g/mol. The molecule has 0 aliphatic carbocycles. The van der Waals surface area contributed by atoms with Gasteiger partial charge in [0.1, 0.15) is 5.70 Å². The number of β-lactam (4-membered cyclic amide) rings is 1. The molecule has 0 bridgehead atoms. The van der Waals surface area contributed by atoms with Crippen molar-refractivity contribution >= 4 is 34.4 Å². The number of carboxylic acids is 1. The first kappa shape index (κ1) is 22.4. The van der Waals surface area contributed by atoms with Gasteiger partial charge in [0.25, 0.3) is 0 Å². The zero-order chi connectivity index (χ0) is 23.4. The van der Waals surface area contributed by atoms with E-state index in [4.69, 9.17) is 5.73 Å². The van der Waals surface area contributed by atoms with Crippen LogP contribution in [0.3, 0.4) is 0 Å². The van der Waals surface area contributed by atoms with Crippen LogP contribution < -0.4 is 11.1 Å². The van der Waals surface area contributed by atoms with Gasteiger partial charge in [0.05, 0.1) is 18.1 Å². The maximum Gasteiger partial charge on any atom is 0.353 e. The lowest BCUT2D eigenvalue weighted by Gasteiger charge is -2.46. The van der Waals surface area contributed by atoms with E-state index in [1.165, 1.54) is 21.2 Å². The topological polar surface area (TPSA) is 116 Å². The smallest absolute Gasteiger partial charge is 0.353 e. The standard InChI is InChI=1S/C25H29N3O4S/c1-12-21-20(13(2)29)24(30)28(21)22(25(31)32)23(12)33-17-9-19(27-11-17)15-7-14-5-3-4-6-18(14)16(8-15)10-26/h3-8,12-13,17,19-21,27,29H,9-11,26H2,1-2H3,(H,31,32)/t12-,13-,17+,19-,20-,21-/m1/s1. The molecule has 174 valence electrons. The lowest BCUT2D eigenvalue weighted by Crippen LogP contribution is -2.63. The number of aliphatic hydroxyl groups is 1. The van der Waals surface area contributed by atoms with E-state index in [1.54, 1.807) is 18.7 Å². The number of carbonyl (C=O) groups excluding carboxylic acids is 1. The fraction of sp³-hybridized carbons (Fsp3) is 0.440. The van der Waals surface area contributed by atoms with Gasteiger partial charge in [-0.15, -0.1) is 11.8 Å². The first-order chi connectivity index (χ1) is 15.8. The summed E-state index contributed by atoms with van der Waals surface area (Å²) in [5, 5.41) is 26.0. The highest BCUT2D eigenvalue weighted by molar-refractivity contribution is 8.03. The van der Waals surface area contributed by atoms with Crippen molar-refractivity contribution in [2.75, 3.05) is 6.54 Å². The Morgan fingerprint density at radius 2 is 2.09 bits per heavy atom. The van der Waals surface area contributed by atoms with Crippen LogP contribution in [0.15, 0.2) is 47.0 Å². The number of thioether (sulfide) groups is 1. The third-order valence-electron chi connectivity index (χ3n) is 7.29. The fourth-order valence-corrected chi connectivity index (χ4v) is 7.17. The van der Waals surface area contributed by atoms with Gasteiger partial charge in [-0.05, 0) is 41.3 Å². The molecule has 2 fully saturated rings. The number of nitrogens with two attached hydrogens (primary N) is 1. The summed E-state index contributed by atoms with van der Waals surface area (Å²) >= 11 is 1.57. The number of carbonyl (C=O) groups is 2. The number of nitrogens with zero attached hydrogens (tertiary/aromatic N) is 1. The highest BCUT2D eigenvalue weighted by Crippen LogP contribution is 2.52. The minimum Gasteiger partial charge on any atom is -0.477 e. The Morgan fingerprint density at radius 1 is 1.33 bits per heavy atom. The Labute approximate surface area is 197 Å². The van der Waals surface area contributed by atoms with E-state index in [0.29, 0.717) is 6.54 Å². The number of hydrogen-bond acceptors (Lipinski definition) is 6. The number of aliphatic hydroxyl groups excluding tert-OH is 1. The predicted molar refractivity (Wildman–Crippen MR) is 128 cm³/mol. The van der Waals surface area contributed by atoms with E-state index in [0.717, 1.165) is 23.4 Å². The molecule has 3 aliphatic heterocycles. The number of amides is 1. The monoisotopic (exact) mass is 467 g/mol. The summed E-state index contributed by atoms with van der Waals surface area (Å²) in [6.07, 6.45) is 0.0666. The van der Waals surface area contributed by atoms with Crippen LogP contribution in [0.25, 0.3) is 10.8 Å². The van der Waals surface area contributed by atoms with Gasteiger partial charge in [-0.2, -0.15) is 0 Å². The minimum absolute atomic E-state index is 0.0963. The van der Waals surface area contributed by atoms with Crippen molar-refractivity contribution in [3.05, 3.63) is 58.1 Å². The van der Waals surface area contributed by atoms with Gasteiger partial charge >= 0.3 is 5.97 Å². The normalized spacial score (nSPS) is 30.0. The van der Waals surface area contributed by atoms with Crippen molar-refractivity contribution in [2.24, 2.45) is 17.6 Å². The maximum absolute atomic E-state index is 12.6. The summed E-state index contributed by atoms with van der Waals surface area (Å²) in [6.45, 7) is 4.79. The van der Waals surface area contributed by atoms with Gasteiger partial charge in [-0.1, -0.05) is 37.3 Å². The Kier molecular flexibility index (Phi) is 5.73. The first-order valence-electron chi connectivity index (χ1n) is 11.4. The number of nitrogens with one attached hydrogen (secondary N) is 1. The van der Waals surface area contributed by atoms with Gasteiger partial charge in [0.2, 0.25) is 5.91 Å². The number of hydrogen-bond donors (Lipinski definition) is 4. The molecule has 7 nitrogen and oxygen atoms in total. The SMILES string of the molecule is C[C@@H](O)[C@H]1C(=O)N2C(C(=O)O)=C(S[C@@H]3CN[C@@H](c4cc(CN)c5ccccc5c4)C3)[C@H](C)[C@H]12. The Morgan fingerprint density at radius 3 is 2.79 bits per heavy atom. The van der Waals surface area contributed by atoms with Crippen LogP contribution >= 0.6 is 11.8 Å². The van der Waals surface area contributed by atoms with E-state index in [2.05, 4.69) is 29.6 Å². The molecule has 5 N–H and O–H groups in total. The second-order valence-corrected chi connectivity index (χ2v) is 10.7. The van der Waals surface area contributed by atoms with E-state index >= 15 is 0 Å². The Hall–Kier alpha value is -2.39. The highest BCUT2D eigenvalue weighted by Gasteiger charge is 2.60. The summed E-state index contributed by atoms with van der Waals surface area (Å²) in [4.78, 5) is 26.8. The van der Waals surface area contributed by atoms with Gasteiger partial charge in [0, 0.05) is 35.2 Å². The molecule has 0 aromatic heterocycles. The molecule has 2 saturated heterocycles. The second-order valence-electron chi connectivity index (χ2n) is 9.31. The molecule has 3 aliphatic rings. The first-order valence-corrected chi connectivity index (χ1v) is 12.3. The highest BCUT2D eigenvalue weighted by atomic mass is 32.2. The fourth-order valence-electron chi connectivity index (χ4n) is 5.69. The molecule has 33 heavy (non-hydrogen) atoms. The van der Waals surface area contributed by atoms with E-state index < -0.39 is 18.0 Å². The van der Waals surface area contributed by atoms with Crippen molar-refractivity contribution in [1.82, 2.24) is 10.2 Å². The molecule has 0 unspecified atom stereocenters. The molecule has 1 amide bonds. The van der Waals surface area contributed by atoms with Gasteiger partial charge in [-0.3, -0.25) is 4.79 Å². The minimum atomic E-state index is -1.08. The van der Waals surface area contributed by atoms with E-state index in [1.807, 2.05) is 19.1 Å². The Bertz CT molecular complexity index is 1160. The van der Waals surface area contributed by atoms with Crippen LogP contribution in [0, 0.1) is 11.8 Å². The van der Waals surface area contributed by atoms with Crippen LogP contribution in [-0.2, 0) is 16.1 Å². The number of carboxylic acid groups (broad SMARTS) is 1. The summed E-state index contributed by atoms with van der Waals surface area (Å²) in [6, 6.07) is 12.5. The summed E-state index contributed by atoms with van der Waals surface area (Å²) < 4.78 is 0. The van der Waals surface area contributed by atoms with Crippen LogP contribution in [0.5, 0.6) is 0 Å². The van der Waals surface area contributed by atoms with Crippen LogP contribution in [0.4, 0.5) is 0 Å². The summed E-state index contributed by atoms with van der Waals surface area (Å²) in [7, 11) is 0. The third kappa shape index (κ3) is 3.56. The lowest BCUT2D eigenvalue weighted by atomic mass is 9.79. The quantitative estimate of drug-likeness (QED) is 0.483.